The summed E-state index contributed by atoms with van der Waals surface area (Å²) < 4.78 is 5.61. The van der Waals surface area contributed by atoms with Crippen LogP contribution >= 0.6 is 39.5 Å². The van der Waals surface area contributed by atoms with Gasteiger partial charge >= 0.3 is 35.7 Å². The van der Waals surface area contributed by atoms with E-state index < -0.39 is 5.60 Å². The van der Waals surface area contributed by atoms with Gasteiger partial charge in [-0.3, -0.25) is 9.78 Å². The third-order valence-electron chi connectivity index (χ3n) is 19.7. The third kappa shape index (κ3) is 17.2. The van der Waals surface area contributed by atoms with Gasteiger partial charge in [-0.05, 0) is 179 Å². The molecule has 9 aliphatic rings. The number of carboxylic acid groups (broad SMARTS) is 1. The van der Waals surface area contributed by atoms with Crippen LogP contribution in [-0.2, 0) is 41.4 Å². The number of alkyl halides is 1. The van der Waals surface area contributed by atoms with E-state index in [0.717, 1.165) is 148 Å². The Kier molecular flexibility index (Phi) is 23.2. The van der Waals surface area contributed by atoms with Crippen molar-refractivity contribution in [3.05, 3.63) is 143 Å². The molecule has 3 saturated carbocycles. The van der Waals surface area contributed by atoms with E-state index in [4.69, 9.17) is 43.7 Å². The van der Waals surface area contributed by atoms with Crippen LogP contribution < -0.4 is 61.0 Å². The van der Waals surface area contributed by atoms with E-state index in [9.17, 15) is 4.79 Å². The van der Waals surface area contributed by atoms with E-state index in [0.29, 0.717) is 5.03 Å². The Morgan fingerprint density at radius 2 is 0.967 bits per heavy atom. The second-order valence-electron chi connectivity index (χ2n) is 27.1. The molecular formula is C69H88BrN12NaO4S3. The average molecular weight is 1350 g/mol. The summed E-state index contributed by atoms with van der Waals surface area (Å²) in [6, 6.07) is 26.2. The minimum atomic E-state index is -0.513. The first-order chi connectivity index (χ1) is 43.1. The van der Waals surface area contributed by atoms with E-state index in [2.05, 4.69) is 134 Å². The summed E-state index contributed by atoms with van der Waals surface area (Å²) in [6.45, 7) is 11.3. The Bertz CT molecular complexity index is 3300. The van der Waals surface area contributed by atoms with E-state index in [1.807, 2.05) is 69.1 Å². The molecule has 3 spiro atoms. The molecule has 90 heavy (non-hydrogen) atoms. The van der Waals surface area contributed by atoms with Gasteiger partial charge in [0, 0.05) is 79.8 Å². The van der Waals surface area contributed by atoms with Gasteiger partial charge in [0.05, 0.1) is 37.0 Å². The van der Waals surface area contributed by atoms with Gasteiger partial charge in [-0.1, -0.05) is 93.8 Å². The number of ether oxygens (including phenoxy) is 1. The second kappa shape index (κ2) is 30.6. The monoisotopic (exact) mass is 1350 g/mol. The van der Waals surface area contributed by atoms with E-state index >= 15 is 0 Å². The zero-order chi connectivity index (χ0) is 62.2. The topological polar surface area (TPSA) is 215 Å². The molecule has 3 aromatic carbocycles. The van der Waals surface area contributed by atoms with Crippen LogP contribution in [0.25, 0.3) is 0 Å². The zero-order valence-corrected chi connectivity index (χ0v) is 58.9. The first-order valence-electron chi connectivity index (χ1n) is 32.1. The number of nitrogens with two attached hydrogens (primary N) is 2. The molecule has 15 rings (SSSR count). The number of nitrogens with zero attached hydrogens (tertiary/aromatic N) is 9. The minimum Gasteiger partial charge on any atom is -0.759 e. The molecule has 3 aliphatic heterocycles. The van der Waals surface area contributed by atoms with Crippen molar-refractivity contribution in [1.29, 1.82) is 0 Å². The number of halogens is 1. The molecule has 16 nitrogen and oxygen atoms in total. The number of hydrogen-bond acceptors (Lipinski definition) is 17. The summed E-state index contributed by atoms with van der Waals surface area (Å²) in [6.07, 6.45) is 28.9. The minimum absolute atomic E-state index is 0. The van der Waals surface area contributed by atoms with Crippen LogP contribution in [0.1, 0.15) is 149 Å². The molecule has 474 valence electrons. The number of carbonyl (C=O) groups is 2. The fourth-order valence-corrected chi connectivity index (χ4v) is 16.6. The molecule has 0 unspecified atom stereocenters. The van der Waals surface area contributed by atoms with Gasteiger partial charge in [0.25, 0.3) is 6.47 Å². The number of nitrogens with one attached hydrogen (secondary N) is 1. The summed E-state index contributed by atoms with van der Waals surface area (Å²) in [5.74, 6) is 8.09. The predicted octanol–water partition coefficient (Wildman–Crippen LogP) is 9.93. The number of anilines is 3. The van der Waals surface area contributed by atoms with Gasteiger partial charge in [-0.15, -0.1) is 23.5 Å². The Morgan fingerprint density at radius 3 is 1.31 bits per heavy atom. The number of hydrogen-bond donors (Lipinski definition) is 4. The first-order valence-corrected chi connectivity index (χ1v) is 35.6. The van der Waals surface area contributed by atoms with Crippen LogP contribution in [0.3, 0.4) is 0 Å². The number of piperidine rings is 3. The van der Waals surface area contributed by atoms with Crippen molar-refractivity contribution >= 4 is 82.1 Å². The molecule has 3 aromatic heterocycles. The quantitative estimate of drug-likeness (QED) is 0.0312. The van der Waals surface area contributed by atoms with Crippen LogP contribution in [0.2, 0.25) is 0 Å². The Morgan fingerprint density at radius 1 is 0.600 bits per heavy atom. The van der Waals surface area contributed by atoms with Crippen LogP contribution in [0.15, 0.2) is 125 Å². The van der Waals surface area contributed by atoms with Gasteiger partial charge in [-0.2, -0.15) is 0 Å². The standard InChI is InChI=1S/C26H34N4O2S.C21H26N4S.C17H20N4S.C4H7Br.CH2O2.Na/c1-25(2,3)32-24(31)29-23-20-7-5-4-6-19(20)14-26(23)10-12-30(13-11-26)21-15-28-22(16-27-21)33-17-18-8-9-18;22-20-17-4-2-1-3-16(17)11-21(20)7-9-25(10-8-21)18-12-24-19(13-23-18)26-14-15-5-6-15;18-16-13-4-2-1-3-12(13)9-17(16)5-7-21(8-6-17)14-10-20-15(22)11-19-14;5-3-4-1-2-4;2-1-3;/h4-7,15-16,18,23H,8-14,17H2,1-3H3,(H,29,31);1-4,12-13,15,20H,5-11,14,22H2;1-4,10-11,16H,5-9,18H2,(H,20,22);4H,1-3H2;1H,(H,2,3);/q;;;;;+1/p-1/t23-;20-;16-;;;/m111.../s1. The fraction of sp³-hybridized carbons (Fsp3) is 0.536. The van der Waals surface area contributed by atoms with Gasteiger partial charge in [0.15, 0.2) is 0 Å². The molecule has 21 heteroatoms. The van der Waals surface area contributed by atoms with E-state index in [-0.39, 0.29) is 76.5 Å². The summed E-state index contributed by atoms with van der Waals surface area (Å²) in [4.78, 5) is 55.3. The van der Waals surface area contributed by atoms with Crippen molar-refractivity contribution in [3.8, 4) is 0 Å². The number of aromatic nitrogens is 6. The normalized spacial score (nSPS) is 21.9. The maximum atomic E-state index is 12.7. The molecule has 6 N–H and O–H groups in total. The average Bonchev–Trinajstić information content (AvgIpc) is 1.86. The molecule has 6 aliphatic carbocycles. The number of rotatable bonds is 11. The molecule has 0 bridgehead atoms. The summed E-state index contributed by atoms with van der Waals surface area (Å²) in [5, 5.41) is 14.0. The van der Waals surface area contributed by atoms with Gasteiger partial charge < -0.3 is 54.0 Å². The molecule has 6 fully saturated rings. The fourth-order valence-electron chi connectivity index (χ4n) is 13.9. The summed E-state index contributed by atoms with van der Waals surface area (Å²) in [7, 11) is 0. The largest absolute Gasteiger partial charge is 1.00 e. The summed E-state index contributed by atoms with van der Waals surface area (Å²) >= 11 is 12.0. The third-order valence-corrected chi connectivity index (χ3v) is 23.1. The van der Waals surface area contributed by atoms with E-state index in [1.165, 1.54) is 83.0 Å². The number of fused-ring (bicyclic) bond motifs is 3. The smallest absolute Gasteiger partial charge is 0.759 e. The van der Waals surface area contributed by atoms with Crippen molar-refractivity contribution in [2.24, 2.45) is 45.5 Å². The number of benzene rings is 3. The second-order valence-corrected chi connectivity index (χ2v) is 30.2. The van der Waals surface area contributed by atoms with Crippen LogP contribution in [-0.4, -0.2) is 109 Å². The predicted molar refractivity (Wildman–Crippen MR) is 362 cm³/mol. The molecule has 6 aromatic rings. The van der Waals surface area contributed by atoms with Crippen molar-refractivity contribution in [2.45, 2.75) is 156 Å². The molecular weight excluding hydrogens is 1260 g/mol. The van der Waals surface area contributed by atoms with Crippen LogP contribution in [0, 0.1) is 34.0 Å². The SMILES string of the molecule is BrCC1CC1.CC(C)(C)OC(=O)N[C@@H]1c2ccccc2CC12CCN(c1cnc(SCC3CC3)cn1)CC2.N[C@@H]1c2ccccc2CC12CCN(c1cnc(SCC3CC3)cn1)CC2.N[C@@H]1c2ccccc2CC12CCN(c1cnc([S-])cn1)CC2.O=CO.[Na+]. The maximum absolute atomic E-state index is 12.7. The Hall–Kier alpha value is -4.64. The van der Waals surface area contributed by atoms with Crippen molar-refractivity contribution in [1.82, 2.24) is 35.2 Å². The number of amides is 1. The molecule has 0 radical (unpaired) electrons. The number of thioether (sulfide) groups is 2. The van der Waals surface area contributed by atoms with Crippen LogP contribution in [0.5, 0.6) is 0 Å². The van der Waals surface area contributed by atoms with Crippen LogP contribution in [0.4, 0.5) is 22.2 Å². The first kappa shape index (κ1) is 68.2. The Labute approximate surface area is 577 Å². The number of alkyl carbamates (subject to hydrolysis) is 1. The van der Waals surface area contributed by atoms with Gasteiger partial charge in [0.2, 0.25) is 0 Å². The Balaban J connectivity index is 0.000000141. The molecule has 3 saturated heterocycles. The van der Waals surface area contributed by atoms with Crippen molar-refractivity contribution in [2.75, 3.05) is 70.8 Å². The van der Waals surface area contributed by atoms with Crippen molar-refractivity contribution in [3.63, 3.8) is 0 Å². The van der Waals surface area contributed by atoms with Gasteiger partial charge in [0.1, 0.15) is 33.1 Å². The zero-order valence-electron chi connectivity index (χ0n) is 52.9. The van der Waals surface area contributed by atoms with Crippen molar-refractivity contribution < 1.29 is 49.0 Å². The molecule has 1 amide bonds. The molecule has 6 heterocycles. The molecule has 3 atom stereocenters. The number of carbonyl (C=O) groups excluding carboxylic acids is 1. The van der Waals surface area contributed by atoms with Gasteiger partial charge in [-0.25, -0.2) is 29.7 Å². The maximum Gasteiger partial charge on any atom is 1.00 e. The summed E-state index contributed by atoms with van der Waals surface area (Å²) in [5.41, 5.74) is 21.4. The van der Waals surface area contributed by atoms with E-state index in [1.54, 1.807) is 12.4 Å².